The van der Waals surface area contributed by atoms with Gasteiger partial charge in [0.25, 0.3) is 5.56 Å². The summed E-state index contributed by atoms with van der Waals surface area (Å²) in [7, 11) is 0. The van der Waals surface area contributed by atoms with Gasteiger partial charge in [0.15, 0.2) is 0 Å². The van der Waals surface area contributed by atoms with Crippen LogP contribution in [0.5, 0.6) is 0 Å². The Kier molecular flexibility index (Phi) is 1.59. The van der Waals surface area contributed by atoms with E-state index in [9.17, 15) is 9.59 Å². The van der Waals surface area contributed by atoms with Crippen LogP contribution >= 0.6 is 11.5 Å². The molecule has 0 bridgehead atoms. The topological polar surface area (TPSA) is 95.9 Å². The largest absolute Gasteiger partial charge is 0.478 e. The zero-order valence-electron chi connectivity index (χ0n) is 6.14. The lowest BCUT2D eigenvalue weighted by Gasteiger charge is -1.92. The zero-order chi connectivity index (χ0) is 9.42. The second kappa shape index (κ2) is 2.63. The minimum absolute atomic E-state index is 0.0386. The molecule has 0 saturated carbocycles. The maximum atomic E-state index is 11.1. The lowest BCUT2D eigenvalue weighted by atomic mass is 10.2. The van der Waals surface area contributed by atoms with Crippen molar-refractivity contribution in [3.63, 3.8) is 0 Å². The van der Waals surface area contributed by atoms with Gasteiger partial charge in [0.2, 0.25) is 0 Å². The van der Waals surface area contributed by atoms with Gasteiger partial charge >= 0.3 is 5.97 Å². The third-order valence-electron chi connectivity index (χ3n) is 1.53. The molecule has 0 radical (unpaired) electrons. The van der Waals surface area contributed by atoms with Gasteiger partial charge in [0.05, 0.1) is 0 Å². The first-order chi connectivity index (χ1) is 6.20. The average Bonchev–Trinajstić information content (AvgIpc) is 2.53. The Labute approximate surface area is 75.0 Å². The van der Waals surface area contributed by atoms with E-state index in [0.29, 0.717) is 0 Å². The van der Waals surface area contributed by atoms with Crippen molar-refractivity contribution in [2.75, 3.05) is 0 Å². The smallest absolute Gasteiger partial charge is 0.339 e. The molecule has 0 saturated heterocycles. The molecule has 2 N–H and O–H groups in total. The van der Waals surface area contributed by atoms with Crippen molar-refractivity contribution < 1.29 is 9.90 Å². The van der Waals surface area contributed by atoms with Crippen LogP contribution < -0.4 is 5.56 Å². The van der Waals surface area contributed by atoms with Gasteiger partial charge in [-0.1, -0.05) is 4.49 Å². The van der Waals surface area contributed by atoms with E-state index in [4.69, 9.17) is 5.11 Å². The number of fused-ring (bicyclic) bond motifs is 1. The summed E-state index contributed by atoms with van der Waals surface area (Å²) in [5.74, 6) is -1.13. The highest BCUT2D eigenvalue weighted by atomic mass is 32.1. The van der Waals surface area contributed by atoms with Crippen molar-refractivity contribution in [2.24, 2.45) is 0 Å². The van der Waals surface area contributed by atoms with Crippen LogP contribution in [0.1, 0.15) is 10.4 Å². The molecule has 0 unspecified atom stereocenters. The summed E-state index contributed by atoms with van der Waals surface area (Å²) in [6.07, 6.45) is 1.12. The predicted molar refractivity (Wildman–Crippen MR) is 45.0 cm³/mol. The standard InChI is InChI=1S/C6H3N3O3S/c10-5-4-3(8-9-13-4)2(1-7-5)6(11)12/h1H,(H,7,10)(H,11,12). The molecule has 2 aromatic rings. The molecule has 0 atom stereocenters. The number of aromatic carboxylic acids is 1. The molecule has 2 heterocycles. The van der Waals surface area contributed by atoms with Crippen LogP contribution in [0.25, 0.3) is 10.2 Å². The van der Waals surface area contributed by atoms with Gasteiger partial charge in [0.1, 0.15) is 15.8 Å². The summed E-state index contributed by atoms with van der Waals surface area (Å²) in [5.41, 5.74) is -0.264. The van der Waals surface area contributed by atoms with Crippen molar-refractivity contribution in [3.8, 4) is 0 Å². The fraction of sp³-hybridized carbons (Fsp3) is 0. The van der Waals surface area contributed by atoms with Gasteiger partial charge in [0, 0.05) is 6.20 Å². The minimum Gasteiger partial charge on any atom is -0.478 e. The number of nitrogens with one attached hydrogen (secondary N) is 1. The lowest BCUT2D eigenvalue weighted by molar-refractivity contribution is 0.0698. The number of H-pyrrole nitrogens is 1. The van der Waals surface area contributed by atoms with Gasteiger partial charge < -0.3 is 10.1 Å². The van der Waals surface area contributed by atoms with E-state index in [-0.39, 0.29) is 21.3 Å². The highest BCUT2D eigenvalue weighted by Gasteiger charge is 2.13. The number of aromatic nitrogens is 3. The van der Waals surface area contributed by atoms with E-state index in [1.165, 1.54) is 0 Å². The first kappa shape index (κ1) is 7.87. The molecule has 0 aromatic carbocycles. The first-order valence-electron chi connectivity index (χ1n) is 3.27. The van der Waals surface area contributed by atoms with Crippen LogP contribution in [0.4, 0.5) is 0 Å². The van der Waals surface area contributed by atoms with Gasteiger partial charge in [-0.05, 0) is 11.5 Å². The number of aromatic amines is 1. The van der Waals surface area contributed by atoms with Crippen LogP contribution in [-0.4, -0.2) is 25.6 Å². The van der Waals surface area contributed by atoms with Crippen LogP contribution in [-0.2, 0) is 0 Å². The molecule has 0 fully saturated rings. The van der Waals surface area contributed by atoms with Crippen LogP contribution in [0.2, 0.25) is 0 Å². The number of rotatable bonds is 1. The van der Waals surface area contributed by atoms with Gasteiger partial charge in [-0.2, -0.15) is 0 Å². The van der Waals surface area contributed by atoms with Gasteiger partial charge in [-0.25, -0.2) is 4.79 Å². The van der Waals surface area contributed by atoms with E-state index < -0.39 is 5.97 Å². The van der Waals surface area contributed by atoms with Crippen molar-refractivity contribution in [1.82, 2.24) is 14.6 Å². The van der Waals surface area contributed by atoms with E-state index >= 15 is 0 Å². The lowest BCUT2D eigenvalue weighted by Crippen LogP contribution is -2.08. The number of pyridine rings is 1. The summed E-state index contributed by atoms with van der Waals surface area (Å²) in [6.45, 7) is 0. The SMILES string of the molecule is O=C(O)c1c[nH]c(=O)c2snnc12. The molecular formula is C6H3N3O3S. The third-order valence-corrected chi connectivity index (χ3v) is 2.25. The summed E-state index contributed by atoms with van der Waals surface area (Å²) in [5, 5.41) is 12.3. The fourth-order valence-electron chi connectivity index (χ4n) is 0.951. The number of carboxylic acid groups (broad SMARTS) is 1. The van der Waals surface area contributed by atoms with Crippen LogP contribution in [0.3, 0.4) is 0 Å². The normalized spacial score (nSPS) is 10.5. The number of carboxylic acids is 1. The van der Waals surface area contributed by atoms with Crippen molar-refractivity contribution in [2.45, 2.75) is 0 Å². The Hall–Kier alpha value is -1.76. The highest BCUT2D eigenvalue weighted by Crippen LogP contribution is 2.13. The molecule has 66 valence electrons. The average molecular weight is 197 g/mol. The Balaban J connectivity index is 2.94. The van der Waals surface area contributed by atoms with E-state index in [2.05, 4.69) is 14.6 Å². The minimum atomic E-state index is -1.13. The quantitative estimate of drug-likeness (QED) is 0.674. The molecule has 7 heteroatoms. The molecule has 13 heavy (non-hydrogen) atoms. The maximum Gasteiger partial charge on any atom is 0.339 e. The Bertz CT molecular complexity index is 529. The van der Waals surface area contributed by atoms with Crippen molar-refractivity contribution >= 4 is 27.7 Å². The molecule has 6 nitrogen and oxygen atoms in total. The maximum absolute atomic E-state index is 11.1. The molecular weight excluding hydrogens is 194 g/mol. The van der Waals surface area contributed by atoms with Crippen LogP contribution in [0, 0.1) is 0 Å². The first-order valence-corrected chi connectivity index (χ1v) is 4.04. The van der Waals surface area contributed by atoms with Crippen molar-refractivity contribution in [1.29, 1.82) is 0 Å². The van der Waals surface area contributed by atoms with Crippen LogP contribution in [0.15, 0.2) is 11.0 Å². The third kappa shape index (κ3) is 1.09. The number of hydrogen-bond acceptors (Lipinski definition) is 5. The van der Waals surface area contributed by atoms with Gasteiger partial charge in [-0.15, -0.1) is 5.10 Å². The number of nitrogens with zero attached hydrogens (tertiary/aromatic N) is 2. The Morgan fingerprint density at radius 2 is 2.38 bits per heavy atom. The summed E-state index contributed by atoms with van der Waals surface area (Å²) in [6, 6.07) is 0. The molecule has 0 spiro atoms. The molecule has 0 amide bonds. The summed E-state index contributed by atoms with van der Waals surface area (Å²) < 4.78 is 3.75. The highest BCUT2D eigenvalue weighted by molar-refractivity contribution is 7.12. The fourth-order valence-corrected chi connectivity index (χ4v) is 1.53. The monoisotopic (exact) mass is 197 g/mol. The van der Waals surface area contributed by atoms with Gasteiger partial charge in [-0.3, -0.25) is 4.79 Å². The second-order valence-electron chi connectivity index (χ2n) is 2.29. The van der Waals surface area contributed by atoms with Crippen molar-refractivity contribution in [3.05, 3.63) is 22.1 Å². The Morgan fingerprint density at radius 1 is 1.62 bits per heavy atom. The number of hydrogen-bond donors (Lipinski definition) is 2. The molecule has 0 aliphatic heterocycles. The number of carbonyl (C=O) groups is 1. The molecule has 0 aliphatic carbocycles. The van der Waals surface area contributed by atoms with E-state index in [1.54, 1.807) is 0 Å². The second-order valence-corrected chi connectivity index (χ2v) is 3.04. The Morgan fingerprint density at radius 3 is 3.08 bits per heavy atom. The summed E-state index contributed by atoms with van der Waals surface area (Å²) >= 11 is 0.877. The predicted octanol–water partition coefficient (Wildman–Crippen LogP) is 0.0778. The zero-order valence-corrected chi connectivity index (χ0v) is 6.96. The van der Waals surface area contributed by atoms with E-state index in [0.717, 1.165) is 17.7 Å². The molecule has 2 rings (SSSR count). The summed E-state index contributed by atoms with van der Waals surface area (Å²) in [4.78, 5) is 24.0. The van der Waals surface area contributed by atoms with E-state index in [1.807, 2.05) is 0 Å². The molecule has 2 aromatic heterocycles. The molecule has 0 aliphatic rings.